The van der Waals surface area contributed by atoms with Crippen molar-refractivity contribution in [2.24, 2.45) is 17.3 Å². The Balaban J connectivity index is 1.56. The van der Waals surface area contributed by atoms with E-state index in [-0.39, 0.29) is 35.7 Å². The van der Waals surface area contributed by atoms with Gasteiger partial charge in [-0.1, -0.05) is 24.6 Å². The van der Waals surface area contributed by atoms with Crippen molar-refractivity contribution in [1.82, 2.24) is 5.32 Å². The second-order valence-corrected chi connectivity index (χ2v) is 9.72. The number of carbonyl (C=O) groups excluding carboxylic acids is 2. The predicted molar refractivity (Wildman–Crippen MR) is 91.3 cm³/mol. The van der Waals surface area contributed by atoms with Gasteiger partial charge in [0.25, 0.3) is 0 Å². The molecule has 0 aromatic heterocycles. The first kappa shape index (κ1) is 15.7. The molecule has 6 heteroatoms. The Morgan fingerprint density at radius 2 is 2.00 bits per heavy atom. The molecule has 0 unspecified atom stereocenters. The lowest BCUT2D eigenvalue weighted by atomic mass is 9.51. The fourth-order valence-corrected chi connectivity index (χ4v) is 7.55. The van der Waals surface area contributed by atoms with Gasteiger partial charge in [0.05, 0.1) is 22.8 Å². The standard InChI is InChI=1S/C19H21NO4S/c1-10-3-5-12(6-4-10)25(23)9-19-13-7-11(21)8-18(19,2)14-15(20-19)16(13)24-17(14)22/h3-6,13-16,20H,7-9H2,1-2H3/t13-,14+,15-,16+,18-,19-,25-/m1/s1. The molecule has 3 saturated heterocycles. The summed E-state index contributed by atoms with van der Waals surface area (Å²) in [5.74, 6) is 0.0590. The Hall–Kier alpha value is -1.53. The first-order valence-electron chi connectivity index (χ1n) is 8.81. The van der Waals surface area contributed by atoms with E-state index in [1.165, 1.54) is 0 Å². The van der Waals surface area contributed by atoms with Crippen LogP contribution in [0.1, 0.15) is 25.3 Å². The summed E-state index contributed by atoms with van der Waals surface area (Å²) in [4.78, 5) is 25.6. The number of ketones is 1. The van der Waals surface area contributed by atoms with Crippen molar-refractivity contribution in [3.63, 3.8) is 0 Å². The van der Waals surface area contributed by atoms with Crippen LogP contribution in [-0.4, -0.2) is 39.4 Å². The molecule has 7 atom stereocenters. The Kier molecular flexibility index (Phi) is 3.01. The monoisotopic (exact) mass is 359 g/mol. The third kappa shape index (κ3) is 1.79. The van der Waals surface area contributed by atoms with Crippen LogP contribution >= 0.6 is 0 Å². The highest BCUT2D eigenvalue weighted by molar-refractivity contribution is 7.85. The van der Waals surface area contributed by atoms with Crippen LogP contribution in [0.4, 0.5) is 0 Å². The Morgan fingerprint density at radius 1 is 1.28 bits per heavy atom. The largest absolute Gasteiger partial charge is 0.460 e. The number of nitrogens with one attached hydrogen (secondary N) is 1. The van der Waals surface area contributed by atoms with Crippen molar-refractivity contribution in [2.45, 2.75) is 49.3 Å². The Labute approximate surface area is 149 Å². The molecule has 0 radical (unpaired) electrons. The first-order valence-corrected chi connectivity index (χ1v) is 10.1. The highest BCUT2D eigenvalue weighted by atomic mass is 32.2. The summed E-state index contributed by atoms with van der Waals surface area (Å²) in [6.07, 6.45) is 0.532. The fraction of sp³-hybridized carbons (Fsp3) is 0.579. The molecule has 1 aliphatic carbocycles. The molecular formula is C19H21NO4S. The van der Waals surface area contributed by atoms with Crippen LogP contribution in [0.2, 0.25) is 0 Å². The lowest BCUT2D eigenvalue weighted by Crippen LogP contribution is -2.63. The molecular weight excluding hydrogens is 338 g/mol. The molecule has 2 bridgehead atoms. The van der Waals surface area contributed by atoms with Gasteiger partial charge in [0.1, 0.15) is 11.9 Å². The third-order valence-corrected chi connectivity index (χ3v) is 8.55. The number of Topliss-reactive ketones (excluding diaryl/α,β-unsaturated/α-hetero) is 1. The van der Waals surface area contributed by atoms with Gasteiger partial charge in [-0.25, -0.2) is 0 Å². The van der Waals surface area contributed by atoms with E-state index in [2.05, 4.69) is 5.32 Å². The molecule has 0 amide bonds. The molecule has 4 aliphatic rings. The number of hydrogen-bond acceptors (Lipinski definition) is 5. The van der Waals surface area contributed by atoms with Crippen LogP contribution in [0, 0.1) is 24.2 Å². The van der Waals surface area contributed by atoms with Gasteiger partial charge in [0.15, 0.2) is 0 Å². The lowest BCUT2D eigenvalue weighted by molar-refractivity contribution is -0.145. The van der Waals surface area contributed by atoms with Crippen LogP contribution in [0.5, 0.6) is 0 Å². The van der Waals surface area contributed by atoms with Crippen LogP contribution in [0.25, 0.3) is 0 Å². The molecule has 1 aromatic carbocycles. The highest BCUT2D eigenvalue weighted by Crippen LogP contribution is 2.66. The molecule has 5 rings (SSSR count). The maximum absolute atomic E-state index is 13.1. The number of benzene rings is 1. The molecule has 1 N–H and O–H groups in total. The molecule has 3 aliphatic heterocycles. The molecule has 1 saturated carbocycles. The van der Waals surface area contributed by atoms with Gasteiger partial charge in [0.2, 0.25) is 0 Å². The van der Waals surface area contributed by atoms with E-state index >= 15 is 0 Å². The smallest absolute Gasteiger partial charge is 0.311 e. The van der Waals surface area contributed by atoms with E-state index in [4.69, 9.17) is 4.74 Å². The summed E-state index contributed by atoms with van der Waals surface area (Å²) in [7, 11) is -1.19. The summed E-state index contributed by atoms with van der Waals surface area (Å²) in [6.45, 7) is 4.02. The van der Waals surface area contributed by atoms with Gasteiger partial charge in [0, 0.05) is 40.4 Å². The zero-order valence-electron chi connectivity index (χ0n) is 14.3. The summed E-state index contributed by atoms with van der Waals surface area (Å²) < 4.78 is 18.8. The van der Waals surface area contributed by atoms with Gasteiger partial charge >= 0.3 is 5.97 Å². The zero-order valence-corrected chi connectivity index (χ0v) is 15.1. The average Bonchev–Trinajstić information content (AvgIpc) is 3.09. The number of carbonyl (C=O) groups is 2. The number of fused-ring (bicyclic) bond motifs is 2. The first-order chi connectivity index (χ1) is 11.9. The quantitative estimate of drug-likeness (QED) is 0.825. The number of hydrogen-bond donors (Lipinski definition) is 1. The molecule has 3 heterocycles. The van der Waals surface area contributed by atoms with E-state index in [0.29, 0.717) is 18.6 Å². The fourth-order valence-electron chi connectivity index (χ4n) is 5.90. The van der Waals surface area contributed by atoms with Crippen molar-refractivity contribution in [1.29, 1.82) is 0 Å². The van der Waals surface area contributed by atoms with Gasteiger partial charge in [-0.2, -0.15) is 0 Å². The average molecular weight is 359 g/mol. The van der Waals surface area contributed by atoms with E-state index in [1.54, 1.807) is 0 Å². The summed E-state index contributed by atoms with van der Waals surface area (Å²) in [5.41, 5.74) is 0.149. The molecule has 5 nitrogen and oxygen atoms in total. The van der Waals surface area contributed by atoms with Crippen molar-refractivity contribution < 1.29 is 18.5 Å². The predicted octanol–water partition coefficient (Wildman–Crippen LogP) is 1.35. The minimum atomic E-state index is -1.19. The van der Waals surface area contributed by atoms with Gasteiger partial charge in [-0.15, -0.1) is 0 Å². The molecule has 25 heavy (non-hydrogen) atoms. The van der Waals surface area contributed by atoms with E-state index in [9.17, 15) is 13.8 Å². The number of esters is 1. The Morgan fingerprint density at radius 3 is 2.72 bits per heavy atom. The van der Waals surface area contributed by atoms with Crippen LogP contribution in [0.3, 0.4) is 0 Å². The number of rotatable bonds is 3. The molecule has 4 fully saturated rings. The summed E-state index contributed by atoms with van der Waals surface area (Å²) in [6, 6.07) is 7.71. The van der Waals surface area contributed by atoms with Crippen molar-refractivity contribution in [3.05, 3.63) is 29.8 Å². The van der Waals surface area contributed by atoms with Gasteiger partial charge in [-0.3, -0.25) is 13.8 Å². The van der Waals surface area contributed by atoms with Crippen molar-refractivity contribution in [3.8, 4) is 0 Å². The van der Waals surface area contributed by atoms with Crippen LogP contribution in [-0.2, 0) is 25.1 Å². The van der Waals surface area contributed by atoms with Gasteiger partial charge in [-0.05, 0) is 19.1 Å². The van der Waals surface area contributed by atoms with E-state index in [1.807, 2.05) is 38.1 Å². The summed E-state index contributed by atoms with van der Waals surface area (Å²) >= 11 is 0. The SMILES string of the molecule is Cc1ccc([S@](=O)C[C@]23N[C@H]4[C@H]5OC(=O)[C@H]4[C@@]2(C)CC(=O)C[C@H]53)cc1. The number of ether oxygens (including phenoxy) is 1. The minimum absolute atomic E-state index is 0.0365. The van der Waals surface area contributed by atoms with Crippen LogP contribution in [0.15, 0.2) is 29.2 Å². The summed E-state index contributed by atoms with van der Waals surface area (Å²) in [5, 5.41) is 3.62. The topological polar surface area (TPSA) is 72.5 Å². The van der Waals surface area contributed by atoms with Crippen molar-refractivity contribution in [2.75, 3.05) is 5.75 Å². The molecule has 1 aromatic rings. The van der Waals surface area contributed by atoms with Crippen molar-refractivity contribution >= 4 is 22.6 Å². The van der Waals surface area contributed by atoms with E-state index in [0.717, 1.165) is 10.5 Å². The molecule has 132 valence electrons. The lowest BCUT2D eigenvalue weighted by Gasteiger charge is -2.51. The second-order valence-electron chi connectivity index (χ2n) is 8.27. The van der Waals surface area contributed by atoms with E-state index < -0.39 is 21.8 Å². The maximum Gasteiger partial charge on any atom is 0.311 e. The zero-order chi connectivity index (χ0) is 17.6. The maximum atomic E-state index is 13.1. The van der Waals surface area contributed by atoms with Crippen LogP contribution < -0.4 is 5.32 Å². The highest BCUT2D eigenvalue weighted by Gasteiger charge is 2.80. The second kappa shape index (κ2) is 4.80. The Bertz CT molecular complexity index is 821. The molecule has 0 spiro atoms. The van der Waals surface area contributed by atoms with Gasteiger partial charge < -0.3 is 10.1 Å². The normalized spacial score (nSPS) is 44.9. The number of aryl methyl sites for hydroxylation is 1. The third-order valence-electron chi connectivity index (χ3n) is 7.03. The minimum Gasteiger partial charge on any atom is -0.460 e.